The maximum Gasteiger partial charge on any atom is 0.295 e. The van der Waals surface area contributed by atoms with Gasteiger partial charge in [-0.1, -0.05) is 71.7 Å². The van der Waals surface area contributed by atoms with Crippen molar-refractivity contribution in [3.05, 3.63) is 117 Å². The van der Waals surface area contributed by atoms with Crippen LogP contribution in [0.5, 0.6) is 0 Å². The monoisotopic (exact) mass is 488 g/mol. The number of rotatable bonds is 4. The summed E-state index contributed by atoms with van der Waals surface area (Å²) in [6.07, 6.45) is 3.24. The van der Waals surface area contributed by atoms with Gasteiger partial charge in [0.25, 0.3) is 11.7 Å². The van der Waals surface area contributed by atoms with Gasteiger partial charge in [0.1, 0.15) is 5.76 Å². The molecule has 7 heteroatoms. The molecule has 5 rings (SSSR count). The average Bonchev–Trinajstić information content (AvgIpc) is 3.10. The van der Waals surface area contributed by atoms with E-state index >= 15 is 0 Å². The normalized spacial score (nSPS) is 17.5. The Bertz CT molecular complexity index is 1460. The number of nitrogens with zero attached hydrogens (tertiary/aromatic N) is 2. The van der Waals surface area contributed by atoms with Crippen LogP contribution in [0.4, 0.5) is 0 Å². The Labute approximate surface area is 205 Å². The van der Waals surface area contributed by atoms with Gasteiger partial charge in [-0.25, -0.2) is 0 Å². The van der Waals surface area contributed by atoms with Crippen LogP contribution in [-0.2, 0) is 16.1 Å². The van der Waals surface area contributed by atoms with Crippen molar-refractivity contribution in [1.29, 1.82) is 0 Å². The number of carbonyl (C=O) groups excluding carboxylic acids is 2. The molecule has 34 heavy (non-hydrogen) atoms. The molecular weight excluding hydrogens is 471 g/mol. The van der Waals surface area contributed by atoms with Gasteiger partial charge in [-0.05, 0) is 46.2 Å². The fourth-order valence-corrected chi connectivity index (χ4v) is 4.64. The number of aliphatic hydroxyl groups excluding tert-OH is 1. The second kappa shape index (κ2) is 8.93. The number of Topliss-reactive ketones (excluding diaryl/α,β-unsaturated/α-hetero) is 1. The zero-order valence-electron chi connectivity index (χ0n) is 17.8. The first-order valence-electron chi connectivity index (χ1n) is 10.6. The van der Waals surface area contributed by atoms with Crippen molar-refractivity contribution in [1.82, 2.24) is 9.88 Å². The Morgan fingerprint density at radius 2 is 1.65 bits per heavy atom. The number of carbonyl (C=O) groups is 2. The van der Waals surface area contributed by atoms with Crippen molar-refractivity contribution < 1.29 is 14.7 Å². The van der Waals surface area contributed by atoms with E-state index in [4.69, 9.17) is 23.2 Å². The molecule has 5 nitrogen and oxygen atoms in total. The molecular formula is C27H18Cl2N2O3. The minimum Gasteiger partial charge on any atom is -0.507 e. The molecule has 0 saturated carbocycles. The summed E-state index contributed by atoms with van der Waals surface area (Å²) in [5.74, 6) is -1.69. The third kappa shape index (κ3) is 3.83. The third-order valence-electron chi connectivity index (χ3n) is 5.95. The fourth-order valence-electron chi connectivity index (χ4n) is 4.33. The third-order valence-corrected chi connectivity index (χ3v) is 6.69. The molecule has 3 aromatic carbocycles. The van der Waals surface area contributed by atoms with Crippen molar-refractivity contribution in [2.45, 2.75) is 12.6 Å². The Balaban J connectivity index is 1.73. The molecule has 1 aliphatic rings. The molecule has 1 fully saturated rings. The number of aliphatic hydroxyl groups is 1. The molecule has 1 atom stereocenters. The van der Waals surface area contributed by atoms with Crippen molar-refractivity contribution in [3.8, 4) is 0 Å². The molecule has 0 aliphatic carbocycles. The summed E-state index contributed by atoms with van der Waals surface area (Å²) in [7, 11) is 0. The number of ketones is 1. The van der Waals surface area contributed by atoms with Crippen LogP contribution in [-0.4, -0.2) is 26.7 Å². The zero-order chi connectivity index (χ0) is 23.8. The van der Waals surface area contributed by atoms with Crippen molar-refractivity contribution in [2.24, 2.45) is 0 Å². The Kier molecular flexibility index (Phi) is 5.82. The predicted octanol–water partition coefficient (Wildman–Crippen LogP) is 6.16. The van der Waals surface area contributed by atoms with Crippen molar-refractivity contribution >= 4 is 51.4 Å². The smallest absolute Gasteiger partial charge is 0.295 e. The highest BCUT2D eigenvalue weighted by Gasteiger charge is 2.46. The summed E-state index contributed by atoms with van der Waals surface area (Å²) in [6, 6.07) is 20.7. The van der Waals surface area contributed by atoms with Gasteiger partial charge in [-0.15, -0.1) is 0 Å². The Morgan fingerprint density at radius 1 is 0.912 bits per heavy atom. The lowest BCUT2D eigenvalue weighted by molar-refractivity contribution is -0.140. The maximum atomic E-state index is 13.3. The molecule has 1 aromatic heterocycles. The van der Waals surface area contributed by atoms with E-state index in [1.54, 1.807) is 54.9 Å². The lowest BCUT2D eigenvalue weighted by Crippen LogP contribution is -2.29. The maximum absolute atomic E-state index is 13.3. The number of pyridine rings is 1. The van der Waals surface area contributed by atoms with Crippen LogP contribution in [0.1, 0.15) is 22.7 Å². The van der Waals surface area contributed by atoms with Crippen LogP contribution in [0.25, 0.3) is 16.5 Å². The van der Waals surface area contributed by atoms with Crippen LogP contribution in [0.3, 0.4) is 0 Å². The summed E-state index contributed by atoms with van der Waals surface area (Å²) in [5, 5.41) is 13.8. The quantitative estimate of drug-likeness (QED) is 0.212. The van der Waals surface area contributed by atoms with Gasteiger partial charge >= 0.3 is 0 Å². The standard InChI is InChI=1S/C27H18Cl2N2O3/c28-21-9-8-18(14-22(21)29)24-23(25(32)20-7-3-5-17-4-1-2-6-19(17)20)26(33)27(34)31(24)15-16-10-12-30-13-11-16/h1-14,24,32H,15H2/b25-23-. The van der Waals surface area contributed by atoms with Crippen LogP contribution in [0.15, 0.2) is 90.8 Å². The fraction of sp³-hybridized carbons (Fsp3) is 0.0741. The van der Waals surface area contributed by atoms with E-state index in [9.17, 15) is 14.7 Å². The van der Waals surface area contributed by atoms with Gasteiger partial charge < -0.3 is 10.0 Å². The second-order valence-corrected chi connectivity index (χ2v) is 8.80. The molecule has 168 valence electrons. The highest BCUT2D eigenvalue weighted by molar-refractivity contribution is 6.47. The van der Waals surface area contributed by atoms with Crippen LogP contribution in [0, 0.1) is 0 Å². The largest absolute Gasteiger partial charge is 0.507 e. The summed E-state index contributed by atoms with van der Waals surface area (Å²) in [5.41, 5.74) is 1.86. The van der Waals surface area contributed by atoms with E-state index in [0.29, 0.717) is 21.2 Å². The summed E-state index contributed by atoms with van der Waals surface area (Å²) >= 11 is 12.4. The number of hydrogen-bond donors (Lipinski definition) is 1. The number of amides is 1. The number of aromatic nitrogens is 1. The number of hydrogen-bond acceptors (Lipinski definition) is 4. The van der Waals surface area contributed by atoms with E-state index in [0.717, 1.165) is 16.3 Å². The average molecular weight is 489 g/mol. The number of fused-ring (bicyclic) bond motifs is 1. The van der Waals surface area contributed by atoms with E-state index < -0.39 is 17.7 Å². The van der Waals surface area contributed by atoms with Crippen LogP contribution in [0.2, 0.25) is 10.0 Å². The molecule has 0 bridgehead atoms. The first-order chi connectivity index (χ1) is 16.5. The minimum atomic E-state index is -0.845. The lowest BCUT2D eigenvalue weighted by Gasteiger charge is -2.25. The number of halogens is 2. The SMILES string of the molecule is O=C1C(=O)N(Cc2ccncc2)C(c2ccc(Cl)c(Cl)c2)/C1=C(/O)c1cccc2ccccc12. The molecule has 1 saturated heterocycles. The van der Waals surface area contributed by atoms with E-state index in [-0.39, 0.29) is 17.9 Å². The first-order valence-corrected chi connectivity index (χ1v) is 11.3. The van der Waals surface area contributed by atoms with E-state index in [2.05, 4.69) is 4.98 Å². The van der Waals surface area contributed by atoms with Gasteiger partial charge in [0.15, 0.2) is 0 Å². The molecule has 1 N–H and O–H groups in total. The van der Waals surface area contributed by atoms with E-state index in [1.165, 1.54) is 4.90 Å². The van der Waals surface area contributed by atoms with Gasteiger partial charge in [0, 0.05) is 24.5 Å². The van der Waals surface area contributed by atoms with Gasteiger partial charge in [-0.2, -0.15) is 0 Å². The molecule has 1 aliphatic heterocycles. The highest BCUT2D eigenvalue weighted by Crippen LogP contribution is 2.42. The second-order valence-electron chi connectivity index (χ2n) is 7.98. The zero-order valence-corrected chi connectivity index (χ0v) is 19.3. The highest BCUT2D eigenvalue weighted by atomic mass is 35.5. The summed E-state index contributed by atoms with van der Waals surface area (Å²) in [6.45, 7) is 0.157. The van der Waals surface area contributed by atoms with E-state index in [1.807, 2.05) is 30.3 Å². The molecule has 0 radical (unpaired) electrons. The number of likely N-dealkylation sites (tertiary alicyclic amines) is 1. The van der Waals surface area contributed by atoms with Crippen LogP contribution < -0.4 is 0 Å². The van der Waals surface area contributed by atoms with Gasteiger partial charge in [0.05, 0.1) is 21.7 Å². The molecule has 0 spiro atoms. The van der Waals surface area contributed by atoms with Crippen LogP contribution >= 0.6 is 23.2 Å². The van der Waals surface area contributed by atoms with Crippen molar-refractivity contribution in [2.75, 3.05) is 0 Å². The van der Waals surface area contributed by atoms with Gasteiger partial charge in [-0.3, -0.25) is 14.6 Å². The molecule has 2 heterocycles. The Morgan fingerprint density at radius 3 is 2.41 bits per heavy atom. The number of benzene rings is 3. The first kappa shape index (κ1) is 22.1. The summed E-state index contributed by atoms with van der Waals surface area (Å²) in [4.78, 5) is 32.0. The molecule has 1 amide bonds. The lowest BCUT2D eigenvalue weighted by atomic mass is 9.93. The minimum absolute atomic E-state index is 0.00815. The Hall–Kier alpha value is -3.67. The van der Waals surface area contributed by atoms with Crippen molar-refractivity contribution in [3.63, 3.8) is 0 Å². The van der Waals surface area contributed by atoms with Gasteiger partial charge in [0.2, 0.25) is 0 Å². The predicted molar refractivity (Wildman–Crippen MR) is 132 cm³/mol. The topological polar surface area (TPSA) is 70.5 Å². The summed E-state index contributed by atoms with van der Waals surface area (Å²) < 4.78 is 0. The molecule has 1 unspecified atom stereocenters. The molecule has 4 aromatic rings.